The lowest BCUT2D eigenvalue weighted by Gasteiger charge is -2.20. The fourth-order valence-corrected chi connectivity index (χ4v) is 2.86. The van der Waals surface area contributed by atoms with Crippen LogP contribution in [0.4, 0.5) is 11.4 Å². The third kappa shape index (κ3) is 3.05. The summed E-state index contributed by atoms with van der Waals surface area (Å²) in [5.41, 5.74) is 9.05. The number of hydrogen-bond acceptors (Lipinski definition) is 3. The molecule has 2 nitrogen and oxygen atoms in total. The molecule has 1 aromatic heterocycles. The summed E-state index contributed by atoms with van der Waals surface area (Å²) in [7, 11) is 0. The molecule has 18 heavy (non-hydrogen) atoms. The number of nitrogens with two attached hydrogens (primary N) is 1. The van der Waals surface area contributed by atoms with Gasteiger partial charge < -0.3 is 11.1 Å². The average molecular weight is 260 g/mol. The molecule has 0 aliphatic carbocycles. The van der Waals surface area contributed by atoms with Gasteiger partial charge in [-0.3, -0.25) is 0 Å². The number of benzene rings is 1. The van der Waals surface area contributed by atoms with E-state index in [1.807, 2.05) is 12.1 Å². The molecule has 0 bridgehead atoms. The van der Waals surface area contributed by atoms with Crippen molar-refractivity contribution in [3.63, 3.8) is 0 Å². The van der Waals surface area contributed by atoms with E-state index in [-0.39, 0.29) is 0 Å². The molecule has 0 saturated carbocycles. The molecule has 2 aromatic rings. The second kappa shape index (κ2) is 5.91. The van der Waals surface area contributed by atoms with Gasteiger partial charge in [0.05, 0.1) is 6.04 Å². The van der Waals surface area contributed by atoms with Crippen molar-refractivity contribution in [2.75, 3.05) is 11.1 Å². The van der Waals surface area contributed by atoms with E-state index < -0.39 is 0 Å². The van der Waals surface area contributed by atoms with Gasteiger partial charge in [-0.2, -0.15) is 0 Å². The molecule has 0 fully saturated rings. The summed E-state index contributed by atoms with van der Waals surface area (Å²) < 4.78 is 0. The number of nitrogens with one attached hydrogen (secondary N) is 1. The monoisotopic (exact) mass is 260 g/mol. The molecule has 0 aliphatic rings. The normalized spacial score (nSPS) is 12.3. The van der Waals surface area contributed by atoms with Crippen molar-refractivity contribution >= 4 is 22.7 Å². The maximum Gasteiger partial charge on any atom is 0.0606 e. The molecule has 0 aliphatic heterocycles. The van der Waals surface area contributed by atoms with Crippen LogP contribution in [0.5, 0.6) is 0 Å². The highest BCUT2D eigenvalue weighted by atomic mass is 32.1. The van der Waals surface area contributed by atoms with Gasteiger partial charge in [0.1, 0.15) is 0 Å². The highest BCUT2D eigenvalue weighted by Gasteiger charge is 2.12. The highest BCUT2D eigenvalue weighted by molar-refractivity contribution is 7.10. The Morgan fingerprint density at radius 2 is 2.17 bits per heavy atom. The Hall–Kier alpha value is -1.48. The predicted molar refractivity (Wildman–Crippen MR) is 81.2 cm³/mol. The zero-order chi connectivity index (χ0) is 13.0. The van der Waals surface area contributed by atoms with Crippen molar-refractivity contribution in [3.05, 3.63) is 46.2 Å². The quantitative estimate of drug-likeness (QED) is 0.771. The molecule has 96 valence electrons. The molecular weight excluding hydrogens is 240 g/mol. The van der Waals surface area contributed by atoms with Crippen LogP contribution < -0.4 is 11.1 Å². The summed E-state index contributed by atoms with van der Waals surface area (Å²) in [6, 6.07) is 10.7. The van der Waals surface area contributed by atoms with Crippen LogP contribution in [0.1, 0.15) is 36.2 Å². The van der Waals surface area contributed by atoms with E-state index in [1.165, 1.54) is 10.4 Å². The Labute approximate surface area is 113 Å². The molecule has 0 saturated heterocycles. The van der Waals surface area contributed by atoms with Gasteiger partial charge in [-0.15, -0.1) is 11.3 Å². The van der Waals surface area contributed by atoms with Crippen LogP contribution in [0.25, 0.3) is 0 Å². The largest absolute Gasteiger partial charge is 0.399 e. The van der Waals surface area contributed by atoms with Gasteiger partial charge >= 0.3 is 0 Å². The molecule has 2 rings (SSSR count). The van der Waals surface area contributed by atoms with E-state index in [0.717, 1.165) is 24.2 Å². The van der Waals surface area contributed by atoms with Crippen molar-refractivity contribution in [2.24, 2.45) is 0 Å². The van der Waals surface area contributed by atoms with Crippen LogP contribution in [-0.4, -0.2) is 0 Å². The van der Waals surface area contributed by atoms with Crippen LogP contribution in [0.2, 0.25) is 0 Å². The van der Waals surface area contributed by atoms with Crippen molar-refractivity contribution in [2.45, 2.75) is 32.7 Å². The molecule has 0 amide bonds. The number of thiophene rings is 1. The SMILES string of the molecule is CCCC(Nc1cc(N)ccc1C)c1cccs1. The molecule has 1 atom stereocenters. The minimum absolute atomic E-state index is 0.385. The lowest BCUT2D eigenvalue weighted by Crippen LogP contribution is -2.10. The summed E-state index contributed by atoms with van der Waals surface area (Å²) >= 11 is 1.81. The second-order valence-corrected chi connectivity index (χ2v) is 5.55. The van der Waals surface area contributed by atoms with E-state index in [4.69, 9.17) is 5.73 Å². The molecule has 1 heterocycles. The maximum atomic E-state index is 5.86. The Kier molecular flexibility index (Phi) is 4.26. The lowest BCUT2D eigenvalue weighted by molar-refractivity contribution is 0.687. The Morgan fingerprint density at radius 3 is 2.83 bits per heavy atom. The van der Waals surface area contributed by atoms with Gasteiger partial charge in [-0.05, 0) is 42.5 Å². The standard InChI is InChI=1S/C15H20N2S/c1-3-5-13(15-6-4-9-18-15)17-14-10-12(16)8-7-11(14)2/h4,6-10,13,17H,3,5,16H2,1-2H3. The van der Waals surface area contributed by atoms with Gasteiger partial charge in [0, 0.05) is 16.3 Å². The predicted octanol–water partition coefficient (Wildman–Crippen LogP) is 4.59. The third-order valence-corrected chi connectivity index (χ3v) is 4.04. The highest BCUT2D eigenvalue weighted by Crippen LogP contribution is 2.29. The van der Waals surface area contributed by atoms with Gasteiger partial charge in [-0.1, -0.05) is 25.5 Å². The second-order valence-electron chi connectivity index (χ2n) is 4.58. The van der Waals surface area contributed by atoms with Gasteiger partial charge in [0.25, 0.3) is 0 Å². The first kappa shape index (κ1) is 13.0. The van der Waals surface area contributed by atoms with E-state index in [9.17, 15) is 0 Å². The first-order valence-electron chi connectivity index (χ1n) is 6.36. The molecular formula is C15H20N2S. The lowest BCUT2D eigenvalue weighted by atomic mass is 10.1. The number of hydrogen-bond donors (Lipinski definition) is 2. The van der Waals surface area contributed by atoms with Gasteiger partial charge in [0.2, 0.25) is 0 Å². The Balaban J connectivity index is 2.21. The first-order chi connectivity index (χ1) is 8.70. The van der Waals surface area contributed by atoms with E-state index in [0.29, 0.717) is 6.04 Å². The number of aryl methyl sites for hydroxylation is 1. The molecule has 1 unspecified atom stereocenters. The summed E-state index contributed by atoms with van der Waals surface area (Å²) in [4.78, 5) is 1.39. The zero-order valence-electron chi connectivity index (χ0n) is 10.9. The van der Waals surface area contributed by atoms with E-state index in [1.54, 1.807) is 11.3 Å². The van der Waals surface area contributed by atoms with Crippen LogP contribution in [0.15, 0.2) is 35.7 Å². The van der Waals surface area contributed by atoms with Crippen LogP contribution in [-0.2, 0) is 0 Å². The van der Waals surface area contributed by atoms with Crippen LogP contribution in [0, 0.1) is 6.92 Å². The van der Waals surface area contributed by atoms with Crippen molar-refractivity contribution in [3.8, 4) is 0 Å². The van der Waals surface area contributed by atoms with Crippen molar-refractivity contribution in [1.29, 1.82) is 0 Å². The van der Waals surface area contributed by atoms with Crippen molar-refractivity contribution in [1.82, 2.24) is 0 Å². The minimum atomic E-state index is 0.385. The molecule has 0 spiro atoms. The molecule has 3 heteroatoms. The Morgan fingerprint density at radius 1 is 1.33 bits per heavy atom. The fraction of sp³-hybridized carbons (Fsp3) is 0.333. The molecule has 1 aromatic carbocycles. The summed E-state index contributed by atoms with van der Waals surface area (Å²) in [5, 5.41) is 5.75. The minimum Gasteiger partial charge on any atom is -0.399 e. The third-order valence-electron chi connectivity index (χ3n) is 3.06. The van der Waals surface area contributed by atoms with Crippen LogP contribution >= 0.6 is 11.3 Å². The maximum absolute atomic E-state index is 5.86. The van der Waals surface area contributed by atoms with Gasteiger partial charge in [0.15, 0.2) is 0 Å². The van der Waals surface area contributed by atoms with Gasteiger partial charge in [-0.25, -0.2) is 0 Å². The molecule has 3 N–H and O–H groups in total. The van der Waals surface area contributed by atoms with Crippen LogP contribution in [0.3, 0.4) is 0 Å². The molecule has 0 radical (unpaired) electrons. The number of anilines is 2. The average Bonchev–Trinajstić information content (AvgIpc) is 2.87. The Bertz CT molecular complexity index is 491. The summed E-state index contributed by atoms with van der Waals surface area (Å²) in [6.07, 6.45) is 2.30. The van der Waals surface area contributed by atoms with E-state index in [2.05, 4.69) is 42.7 Å². The van der Waals surface area contributed by atoms with Crippen molar-refractivity contribution < 1.29 is 0 Å². The fourth-order valence-electron chi connectivity index (χ4n) is 2.05. The zero-order valence-corrected chi connectivity index (χ0v) is 11.8. The summed E-state index contributed by atoms with van der Waals surface area (Å²) in [5.74, 6) is 0. The summed E-state index contributed by atoms with van der Waals surface area (Å²) in [6.45, 7) is 4.33. The van der Waals surface area contributed by atoms with E-state index >= 15 is 0 Å². The number of rotatable bonds is 5. The number of nitrogen functional groups attached to an aromatic ring is 1. The first-order valence-corrected chi connectivity index (χ1v) is 7.24. The topological polar surface area (TPSA) is 38.0 Å². The smallest absolute Gasteiger partial charge is 0.0606 e.